The van der Waals surface area contributed by atoms with Crippen LogP contribution >= 0.6 is 0 Å². The summed E-state index contributed by atoms with van der Waals surface area (Å²) < 4.78 is 7.18. The van der Waals surface area contributed by atoms with Crippen LogP contribution in [-0.4, -0.2) is 46.1 Å². The number of hydrogen-bond acceptors (Lipinski definition) is 6. The van der Waals surface area contributed by atoms with Gasteiger partial charge in [-0.05, 0) is 38.0 Å². The van der Waals surface area contributed by atoms with E-state index >= 15 is 0 Å². The first kappa shape index (κ1) is 19.8. The predicted molar refractivity (Wildman–Crippen MR) is 116 cm³/mol. The fourth-order valence-corrected chi connectivity index (χ4v) is 4.01. The minimum atomic E-state index is 0.353. The van der Waals surface area contributed by atoms with Crippen LogP contribution in [0, 0.1) is 5.92 Å². The summed E-state index contributed by atoms with van der Waals surface area (Å²) >= 11 is 0. The Hall–Kier alpha value is -2.51. The molecule has 0 amide bonds. The van der Waals surface area contributed by atoms with Gasteiger partial charge in [-0.2, -0.15) is 10.1 Å². The number of fused-ring (bicyclic) bond motifs is 1. The normalized spacial score (nSPS) is 19.5. The first-order chi connectivity index (χ1) is 14.2. The summed E-state index contributed by atoms with van der Waals surface area (Å²) in [7, 11) is 1.71. The summed E-state index contributed by atoms with van der Waals surface area (Å²) in [4.78, 5) is 9.34. The Labute approximate surface area is 171 Å². The van der Waals surface area contributed by atoms with Crippen molar-refractivity contribution in [1.82, 2.24) is 19.7 Å². The Morgan fingerprint density at radius 3 is 2.72 bits per heavy atom. The Morgan fingerprint density at radius 2 is 1.97 bits per heavy atom. The van der Waals surface area contributed by atoms with Crippen LogP contribution < -0.4 is 11.1 Å². The van der Waals surface area contributed by atoms with Crippen LogP contribution in [0.15, 0.2) is 36.5 Å². The Balaban J connectivity index is 1.63. The second-order valence-corrected chi connectivity index (χ2v) is 7.88. The molecular formula is C22H30N6O. The number of rotatable bonds is 8. The number of aromatic nitrogens is 4. The van der Waals surface area contributed by atoms with Gasteiger partial charge in [0.25, 0.3) is 0 Å². The number of ether oxygens (including phenoxy) is 1. The zero-order chi connectivity index (χ0) is 20.1. The van der Waals surface area contributed by atoms with Gasteiger partial charge in [-0.25, -0.2) is 9.67 Å². The summed E-state index contributed by atoms with van der Waals surface area (Å²) in [6.45, 7) is 2.37. The molecule has 0 atom stereocenters. The van der Waals surface area contributed by atoms with Gasteiger partial charge in [0.15, 0.2) is 5.65 Å². The number of anilines is 1. The first-order valence-corrected chi connectivity index (χ1v) is 10.5. The van der Waals surface area contributed by atoms with Crippen LogP contribution in [0.1, 0.15) is 32.1 Å². The van der Waals surface area contributed by atoms with Crippen LogP contribution in [0.25, 0.3) is 22.3 Å². The molecule has 1 aliphatic carbocycles. The first-order valence-electron chi connectivity index (χ1n) is 10.5. The topological polar surface area (TPSA) is 90.9 Å². The van der Waals surface area contributed by atoms with E-state index in [1.807, 2.05) is 24.4 Å². The lowest BCUT2D eigenvalue weighted by Gasteiger charge is -2.25. The lowest BCUT2D eigenvalue weighted by molar-refractivity contribution is 0.197. The van der Waals surface area contributed by atoms with Crippen LogP contribution in [-0.2, 0) is 11.3 Å². The SMILES string of the molecule is COCCCNc1ncc2c(-c3ccccc3)nn(CC3CCC(N)CC3)c2n1. The summed E-state index contributed by atoms with van der Waals surface area (Å²) in [6.07, 6.45) is 7.29. The van der Waals surface area contributed by atoms with Crippen molar-refractivity contribution in [2.45, 2.75) is 44.7 Å². The van der Waals surface area contributed by atoms with Gasteiger partial charge in [-0.15, -0.1) is 0 Å². The van der Waals surface area contributed by atoms with Crippen LogP contribution in [0.4, 0.5) is 5.95 Å². The Kier molecular flexibility index (Phi) is 6.36. The molecule has 1 fully saturated rings. The maximum Gasteiger partial charge on any atom is 0.224 e. The molecule has 0 aliphatic heterocycles. The van der Waals surface area contributed by atoms with Gasteiger partial charge in [0.05, 0.1) is 5.39 Å². The van der Waals surface area contributed by atoms with Crippen molar-refractivity contribution in [3.63, 3.8) is 0 Å². The monoisotopic (exact) mass is 394 g/mol. The van der Waals surface area contributed by atoms with Crippen molar-refractivity contribution in [3.8, 4) is 11.3 Å². The van der Waals surface area contributed by atoms with Crippen molar-refractivity contribution < 1.29 is 4.74 Å². The van der Waals surface area contributed by atoms with E-state index in [2.05, 4.69) is 27.1 Å². The molecule has 0 unspecified atom stereocenters. The van der Waals surface area contributed by atoms with Crippen molar-refractivity contribution in [2.75, 3.05) is 25.6 Å². The molecule has 0 bridgehead atoms. The fraction of sp³-hybridized carbons (Fsp3) is 0.500. The number of nitrogens with one attached hydrogen (secondary N) is 1. The third-order valence-corrected chi connectivity index (χ3v) is 5.67. The highest BCUT2D eigenvalue weighted by molar-refractivity contribution is 5.91. The molecule has 1 aromatic carbocycles. The lowest BCUT2D eigenvalue weighted by Crippen LogP contribution is -2.28. The fourth-order valence-electron chi connectivity index (χ4n) is 4.01. The zero-order valence-electron chi connectivity index (χ0n) is 17.1. The van der Waals surface area contributed by atoms with Crippen LogP contribution in [0.3, 0.4) is 0 Å². The van der Waals surface area contributed by atoms with Crippen LogP contribution in [0.2, 0.25) is 0 Å². The van der Waals surface area contributed by atoms with Crippen molar-refractivity contribution in [3.05, 3.63) is 36.5 Å². The average Bonchev–Trinajstić information content (AvgIpc) is 3.11. The molecule has 1 aliphatic rings. The van der Waals surface area contributed by atoms with Crippen molar-refractivity contribution in [1.29, 1.82) is 0 Å². The third-order valence-electron chi connectivity index (χ3n) is 5.67. The van der Waals surface area contributed by atoms with E-state index in [4.69, 9.17) is 20.6 Å². The number of methoxy groups -OCH3 is 1. The van der Waals surface area contributed by atoms with Gasteiger partial charge in [0.2, 0.25) is 5.95 Å². The van der Waals surface area contributed by atoms with E-state index in [1.54, 1.807) is 7.11 Å². The molecular weight excluding hydrogens is 364 g/mol. The van der Waals surface area contributed by atoms with Crippen LogP contribution in [0.5, 0.6) is 0 Å². The summed E-state index contributed by atoms with van der Waals surface area (Å²) in [5.74, 6) is 1.23. The highest BCUT2D eigenvalue weighted by Gasteiger charge is 2.22. The van der Waals surface area contributed by atoms with Gasteiger partial charge in [0.1, 0.15) is 5.69 Å². The molecule has 0 spiro atoms. The Morgan fingerprint density at radius 1 is 1.17 bits per heavy atom. The van der Waals surface area contributed by atoms with E-state index in [0.29, 0.717) is 17.9 Å². The molecule has 0 radical (unpaired) electrons. The second-order valence-electron chi connectivity index (χ2n) is 7.88. The molecule has 4 rings (SSSR count). The largest absolute Gasteiger partial charge is 0.385 e. The molecule has 7 heteroatoms. The third kappa shape index (κ3) is 4.74. The van der Waals surface area contributed by atoms with Crippen molar-refractivity contribution >= 4 is 17.0 Å². The zero-order valence-corrected chi connectivity index (χ0v) is 17.1. The highest BCUT2D eigenvalue weighted by atomic mass is 16.5. The van der Waals surface area contributed by atoms with Crippen molar-refractivity contribution in [2.24, 2.45) is 11.7 Å². The van der Waals surface area contributed by atoms with Gasteiger partial charge < -0.3 is 15.8 Å². The molecule has 2 aromatic heterocycles. The van der Waals surface area contributed by atoms with E-state index in [0.717, 1.165) is 74.1 Å². The number of hydrogen-bond donors (Lipinski definition) is 2. The number of benzene rings is 1. The van der Waals surface area contributed by atoms with Gasteiger partial charge in [-0.1, -0.05) is 30.3 Å². The van der Waals surface area contributed by atoms with E-state index in [-0.39, 0.29) is 0 Å². The molecule has 1 saturated carbocycles. The average molecular weight is 395 g/mol. The standard InChI is InChI=1S/C22H30N6O/c1-29-13-5-12-24-22-25-14-19-20(17-6-3-2-4-7-17)27-28(21(19)26-22)15-16-8-10-18(23)11-9-16/h2-4,6-7,14,16,18H,5,8-13,15,23H2,1H3,(H,24,25,26). The van der Waals surface area contributed by atoms with Gasteiger partial charge in [0, 0.05) is 44.6 Å². The smallest absolute Gasteiger partial charge is 0.224 e. The van der Waals surface area contributed by atoms with Gasteiger partial charge in [-0.3, -0.25) is 0 Å². The summed E-state index contributed by atoms with van der Waals surface area (Å²) in [5, 5.41) is 9.25. The predicted octanol–water partition coefficient (Wildman–Crippen LogP) is 3.46. The van der Waals surface area contributed by atoms with Gasteiger partial charge >= 0.3 is 0 Å². The quantitative estimate of drug-likeness (QED) is 0.569. The van der Waals surface area contributed by atoms with E-state index < -0.39 is 0 Å². The maximum absolute atomic E-state index is 6.09. The minimum absolute atomic E-state index is 0.353. The highest BCUT2D eigenvalue weighted by Crippen LogP contribution is 2.30. The molecule has 0 saturated heterocycles. The number of nitrogens with two attached hydrogens (primary N) is 1. The molecule has 3 N–H and O–H groups in total. The molecule has 7 nitrogen and oxygen atoms in total. The van der Waals surface area contributed by atoms with E-state index in [9.17, 15) is 0 Å². The Bertz CT molecular complexity index is 918. The molecule has 2 heterocycles. The minimum Gasteiger partial charge on any atom is -0.385 e. The summed E-state index contributed by atoms with van der Waals surface area (Å²) in [5.41, 5.74) is 9.01. The second kappa shape index (κ2) is 9.33. The number of nitrogens with zero attached hydrogens (tertiary/aromatic N) is 4. The van der Waals surface area contributed by atoms with E-state index in [1.165, 1.54) is 0 Å². The molecule has 3 aromatic rings. The summed E-state index contributed by atoms with van der Waals surface area (Å²) in [6, 6.07) is 10.6. The lowest BCUT2D eigenvalue weighted by atomic mass is 9.86. The maximum atomic E-state index is 6.09. The molecule has 29 heavy (non-hydrogen) atoms. The molecule has 154 valence electrons.